The van der Waals surface area contributed by atoms with Crippen LogP contribution in [0, 0.1) is 6.92 Å². The summed E-state index contributed by atoms with van der Waals surface area (Å²) in [6, 6.07) is 7.59. The Kier molecular flexibility index (Phi) is 5.76. The topological polar surface area (TPSA) is 63.5 Å². The average molecular weight is 388 g/mol. The number of methoxy groups -OCH3 is 1. The van der Waals surface area contributed by atoms with Gasteiger partial charge in [-0.1, -0.05) is 11.3 Å². The van der Waals surface area contributed by atoms with Crippen LogP contribution in [0.5, 0.6) is 5.75 Å². The van der Waals surface area contributed by atoms with Crippen LogP contribution in [0.1, 0.15) is 23.1 Å². The molecule has 0 bridgehead atoms. The molecule has 144 valence electrons. The van der Waals surface area contributed by atoms with Crippen LogP contribution in [0.15, 0.2) is 24.3 Å². The van der Waals surface area contributed by atoms with Gasteiger partial charge in [-0.3, -0.25) is 14.4 Å². The minimum atomic E-state index is -0.0784. The monoisotopic (exact) mass is 387 g/mol. The van der Waals surface area contributed by atoms with Crippen LogP contribution in [0.25, 0.3) is 10.2 Å². The molecule has 27 heavy (non-hydrogen) atoms. The highest BCUT2D eigenvalue weighted by Gasteiger charge is 2.24. The zero-order chi connectivity index (χ0) is 19.6. The molecule has 3 rings (SSSR count). The van der Waals surface area contributed by atoms with Crippen molar-refractivity contribution >= 4 is 32.6 Å². The van der Waals surface area contributed by atoms with Crippen LogP contribution in [-0.4, -0.2) is 59.9 Å². The Morgan fingerprint density at radius 3 is 2.70 bits per heavy atom. The molecule has 1 aromatic carbocycles. The number of likely N-dealkylation sites (N-methyl/N-ethyl adjacent to an activating group) is 1. The first-order valence-corrected chi connectivity index (χ1v) is 9.70. The van der Waals surface area contributed by atoms with Crippen LogP contribution in [-0.2, 0) is 6.54 Å². The molecule has 2 heterocycles. The molecule has 0 saturated heterocycles. The molecule has 8 heteroatoms. The van der Waals surface area contributed by atoms with E-state index in [0.29, 0.717) is 23.9 Å². The lowest BCUT2D eigenvalue weighted by Crippen LogP contribution is -2.37. The molecule has 0 radical (unpaired) electrons. The highest BCUT2D eigenvalue weighted by molar-refractivity contribution is 7.22. The van der Waals surface area contributed by atoms with Crippen molar-refractivity contribution in [1.82, 2.24) is 19.7 Å². The van der Waals surface area contributed by atoms with Gasteiger partial charge in [0.1, 0.15) is 11.4 Å². The second kappa shape index (κ2) is 8.06. The van der Waals surface area contributed by atoms with Gasteiger partial charge >= 0.3 is 0 Å². The maximum absolute atomic E-state index is 13.3. The highest BCUT2D eigenvalue weighted by Crippen LogP contribution is 2.32. The Morgan fingerprint density at radius 1 is 1.26 bits per heavy atom. The largest absolute Gasteiger partial charge is 0.497 e. The second-order valence-corrected chi connectivity index (χ2v) is 7.59. The summed E-state index contributed by atoms with van der Waals surface area (Å²) in [5, 5.41) is 5.10. The fourth-order valence-electron chi connectivity index (χ4n) is 2.82. The van der Waals surface area contributed by atoms with Crippen molar-refractivity contribution in [2.75, 3.05) is 39.2 Å². The lowest BCUT2D eigenvalue weighted by molar-refractivity contribution is 0.0975. The number of fused-ring (bicyclic) bond motifs is 1. The van der Waals surface area contributed by atoms with E-state index in [2.05, 4.69) is 10.00 Å². The number of carbonyl (C=O) groups excluding carboxylic acids is 1. The number of rotatable bonds is 7. The number of thiazole rings is 1. The average Bonchev–Trinajstić information content (AvgIpc) is 3.23. The Morgan fingerprint density at radius 2 is 2.04 bits per heavy atom. The number of carbonyl (C=O) groups is 1. The van der Waals surface area contributed by atoms with E-state index < -0.39 is 0 Å². The number of nitrogens with zero attached hydrogens (tertiary/aromatic N) is 5. The SMILES string of the molecule is CCn1nc(C)cc1C(=O)N(CCN(C)C)c1nc2ccc(OC)cc2s1. The van der Waals surface area contributed by atoms with Gasteiger partial charge in [0.25, 0.3) is 5.91 Å². The number of benzene rings is 1. The van der Waals surface area contributed by atoms with Crippen molar-refractivity contribution in [2.24, 2.45) is 0 Å². The van der Waals surface area contributed by atoms with Gasteiger partial charge in [0.2, 0.25) is 0 Å². The second-order valence-electron chi connectivity index (χ2n) is 6.58. The molecule has 0 unspecified atom stereocenters. The smallest absolute Gasteiger partial charge is 0.278 e. The molecular weight excluding hydrogens is 362 g/mol. The third-order valence-electron chi connectivity index (χ3n) is 4.25. The van der Waals surface area contributed by atoms with E-state index in [-0.39, 0.29) is 5.91 Å². The Balaban J connectivity index is 2.01. The molecule has 0 saturated carbocycles. The molecule has 3 aromatic rings. The van der Waals surface area contributed by atoms with Crippen LogP contribution < -0.4 is 9.64 Å². The van der Waals surface area contributed by atoms with Crippen molar-refractivity contribution < 1.29 is 9.53 Å². The van der Waals surface area contributed by atoms with Crippen molar-refractivity contribution in [3.05, 3.63) is 35.7 Å². The van der Waals surface area contributed by atoms with E-state index in [0.717, 1.165) is 28.2 Å². The summed E-state index contributed by atoms with van der Waals surface area (Å²) in [5.41, 5.74) is 2.28. The summed E-state index contributed by atoms with van der Waals surface area (Å²) in [5.74, 6) is 0.703. The third kappa shape index (κ3) is 4.12. The minimum Gasteiger partial charge on any atom is -0.497 e. The lowest BCUT2D eigenvalue weighted by atomic mass is 10.3. The molecular formula is C19H25N5O2S. The number of hydrogen-bond acceptors (Lipinski definition) is 6. The molecule has 0 fully saturated rings. The molecule has 0 aliphatic rings. The number of anilines is 1. The lowest BCUT2D eigenvalue weighted by Gasteiger charge is -2.22. The van der Waals surface area contributed by atoms with E-state index in [4.69, 9.17) is 9.72 Å². The van der Waals surface area contributed by atoms with Gasteiger partial charge in [-0.2, -0.15) is 5.10 Å². The van der Waals surface area contributed by atoms with Crippen LogP contribution in [0.2, 0.25) is 0 Å². The predicted octanol–water partition coefficient (Wildman–Crippen LogP) is 3.04. The molecule has 7 nitrogen and oxygen atoms in total. The quantitative estimate of drug-likeness (QED) is 0.623. The summed E-state index contributed by atoms with van der Waals surface area (Å²) in [7, 11) is 5.63. The van der Waals surface area contributed by atoms with Crippen molar-refractivity contribution in [3.63, 3.8) is 0 Å². The standard InChI is InChI=1S/C19H25N5O2S/c1-6-24-16(11-13(2)21-24)18(25)23(10-9-22(3)4)19-20-15-8-7-14(26-5)12-17(15)27-19/h7-8,11-12H,6,9-10H2,1-5H3. The van der Waals surface area contributed by atoms with E-state index in [9.17, 15) is 4.79 Å². The van der Waals surface area contributed by atoms with E-state index >= 15 is 0 Å². The Bertz CT molecular complexity index is 947. The maximum Gasteiger partial charge on any atom is 0.278 e. The number of aromatic nitrogens is 3. The van der Waals surface area contributed by atoms with Gasteiger partial charge in [0.05, 0.1) is 23.0 Å². The van der Waals surface area contributed by atoms with Crippen molar-refractivity contribution in [1.29, 1.82) is 0 Å². The van der Waals surface area contributed by atoms with E-state index in [1.165, 1.54) is 11.3 Å². The van der Waals surface area contributed by atoms with E-state index in [1.807, 2.05) is 52.2 Å². The minimum absolute atomic E-state index is 0.0784. The van der Waals surface area contributed by atoms with Crippen LogP contribution in [0.3, 0.4) is 0 Å². The molecule has 0 aliphatic carbocycles. The van der Waals surface area contributed by atoms with Crippen molar-refractivity contribution in [3.8, 4) is 5.75 Å². The maximum atomic E-state index is 13.3. The van der Waals surface area contributed by atoms with E-state index in [1.54, 1.807) is 16.7 Å². The predicted molar refractivity (Wildman–Crippen MR) is 109 cm³/mol. The fourth-order valence-corrected chi connectivity index (χ4v) is 3.83. The first kappa shape index (κ1) is 19.3. The number of aryl methyl sites for hydroxylation is 2. The van der Waals surface area contributed by atoms with Gasteiger partial charge in [-0.15, -0.1) is 0 Å². The Hall–Kier alpha value is -2.45. The van der Waals surface area contributed by atoms with Crippen molar-refractivity contribution in [2.45, 2.75) is 20.4 Å². The zero-order valence-corrected chi connectivity index (χ0v) is 17.2. The molecule has 1 amide bonds. The molecule has 0 N–H and O–H groups in total. The summed E-state index contributed by atoms with van der Waals surface area (Å²) in [4.78, 5) is 21.8. The number of hydrogen-bond donors (Lipinski definition) is 0. The third-order valence-corrected chi connectivity index (χ3v) is 5.29. The van der Waals surface area contributed by atoms with Gasteiger partial charge in [-0.25, -0.2) is 4.98 Å². The van der Waals surface area contributed by atoms with Gasteiger partial charge in [0.15, 0.2) is 5.13 Å². The first-order chi connectivity index (χ1) is 12.9. The van der Waals surface area contributed by atoms with Gasteiger partial charge in [0, 0.05) is 19.6 Å². The molecule has 0 atom stereocenters. The summed E-state index contributed by atoms with van der Waals surface area (Å²) in [6.07, 6.45) is 0. The summed E-state index contributed by atoms with van der Waals surface area (Å²) < 4.78 is 8.04. The van der Waals surface area contributed by atoms with Gasteiger partial charge in [-0.05, 0) is 52.2 Å². The Labute approximate surface area is 163 Å². The molecule has 2 aromatic heterocycles. The fraction of sp³-hybridized carbons (Fsp3) is 0.421. The number of ether oxygens (including phenoxy) is 1. The summed E-state index contributed by atoms with van der Waals surface area (Å²) >= 11 is 1.50. The molecule has 0 aliphatic heterocycles. The van der Waals surface area contributed by atoms with Crippen LogP contribution in [0.4, 0.5) is 5.13 Å². The van der Waals surface area contributed by atoms with Gasteiger partial charge < -0.3 is 9.64 Å². The molecule has 0 spiro atoms. The van der Waals surface area contributed by atoms with Crippen LogP contribution >= 0.6 is 11.3 Å². The zero-order valence-electron chi connectivity index (χ0n) is 16.4. The number of amides is 1. The summed E-state index contributed by atoms with van der Waals surface area (Å²) in [6.45, 7) is 5.82. The normalized spacial score (nSPS) is 11.3. The highest BCUT2D eigenvalue weighted by atomic mass is 32.1. The first-order valence-electron chi connectivity index (χ1n) is 8.88.